The molecule has 1 amide bonds. The second-order valence-electron chi connectivity index (χ2n) is 5.54. The van der Waals surface area contributed by atoms with Crippen LogP contribution in [0.2, 0.25) is 0 Å². The highest BCUT2D eigenvalue weighted by Crippen LogP contribution is 2.32. The lowest BCUT2D eigenvalue weighted by Gasteiger charge is -2.16. The number of aromatic amines is 1. The van der Waals surface area contributed by atoms with Gasteiger partial charge in [0.25, 0.3) is 5.91 Å². The number of hydrogen-bond acceptors (Lipinski definition) is 3. The number of fused-ring (bicyclic) bond motifs is 1. The van der Waals surface area contributed by atoms with E-state index in [9.17, 15) is 4.79 Å². The zero-order chi connectivity index (χ0) is 16.4. The number of carbonyl (C=O) groups is 1. The maximum atomic E-state index is 12.3. The van der Waals surface area contributed by atoms with Crippen molar-refractivity contribution in [1.82, 2.24) is 10.3 Å². The van der Waals surface area contributed by atoms with Crippen molar-refractivity contribution in [3.63, 3.8) is 0 Å². The van der Waals surface area contributed by atoms with Crippen LogP contribution in [0, 0.1) is 0 Å². The summed E-state index contributed by atoms with van der Waals surface area (Å²) in [6.45, 7) is 0.582. The molecule has 120 valence electrons. The molecular formula is C19H16N2OS2. The molecule has 0 fully saturated rings. The van der Waals surface area contributed by atoms with Gasteiger partial charge in [0.05, 0.1) is 4.88 Å². The molecule has 0 bridgehead atoms. The highest BCUT2D eigenvalue weighted by molar-refractivity contribution is 7.12. The van der Waals surface area contributed by atoms with Gasteiger partial charge in [-0.3, -0.25) is 4.79 Å². The Bertz CT molecular complexity index is 939. The fourth-order valence-electron chi connectivity index (χ4n) is 2.93. The number of para-hydroxylation sites is 1. The average molecular weight is 352 g/mol. The van der Waals surface area contributed by atoms with E-state index in [1.54, 1.807) is 11.3 Å². The summed E-state index contributed by atoms with van der Waals surface area (Å²) in [5, 5.41) is 8.30. The van der Waals surface area contributed by atoms with Crippen LogP contribution < -0.4 is 5.32 Å². The number of thiophene rings is 2. The van der Waals surface area contributed by atoms with Gasteiger partial charge in [-0.15, -0.1) is 22.7 Å². The first-order valence-electron chi connectivity index (χ1n) is 7.74. The lowest BCUT2D eigenvalue weighted by Crippen LogP contribution is -2.28. The third-order valence-corrected chi connectivity index (χ3v) is 5.95. The zero-order valence-corrected chi connectivity index (χ0v) is 14.5. The number of nitrogens with one attached hydrogen (secondary N) is 2. The number of aromatic nitrogens is 1. The third-order valence-electron chi connectivity index (χ3n) is 4.09. The van der Waals surface area contributed by atoms with Gasteiger partial charge in [-0.25, -0.2) is 0 Å². The second-order valence-corrected chi connectivity index (χ2v) is 7.47. The molecule has 5 heteroatoms. The third kappa shape index (κ3) is 2.88. The molecule has 3 aromatic heterocycles. The maximum Gasteiger partial charge on any atom is 0.261 e. The van der Waals surface area contributed by atoms with Gasteiger partial charge in [-0.2, -0.15) is 0 Å². The van der Waals surface area contributed by atoms with E-state index in [0.29, 0.717) is 6.54 Å². The largest absolute Gasteiger partial charge is 0.361 e. The van der Waals surface area contributed by atoms with Crippen LogP contribution in [0.15, 0.2) is 65.5 Å². The molecule has 0 radical (unpaired) electrons. The Kier molecular flexibility index (Phi) is 4.19. The van der Waals surface area contributed by atoms with Crippen LogP contribution >= 0.6 is 22.7 Å². The molecule has 3 nitrogen and oxygen atoms in total. The summed E-state index contributed by atoms with van der Waals surface area (Å²) in [7, 11) is 0. The Labute approximate surface area is 148 Å². The molecule has 1 unspecified atom stereocenters. The molecular weight excluding hydrogens is 336 g/mol. The standard InChI is InChI=1S/C19H16N2OS2/c22-19(18-8-4-10-24-18)21-12-15(17-7-3-9-23-17)14-11-20-16-6-2-1-5-13(14)16/h1-11,15,20H,12H2,(H,21,22). The summed E-state index contributed by atoms with van der Waals surface area (Å²) in [4.78, 5) is 17.7. The Balaban J connectivity index is 1.64. The van der Waals surface area contributed by atoms with E-state index >= 15 is 0 Å². The second kappa shape index (κ2) is 6.63. The quantitative estimate of drug-likeness (QED) is 0.530. The van der Waals surface area contributed by atoms with Gasteiger partial charge < -0.3 is 10.3 Å². The predicted octanol–water partition coefficient (Wildman–Crippen LogP) is 4.85. The minimum Gasteiger partial charge on any atom is -0.361 e. The first-order valence-corrected chi connectivity index (χ1v) is 9.50. The Morgan fingerprint density at radius 1 is 1.04 bits per heavy atom. The molecule has 3 heterocycles. The summed E-state index contributed by atoms with van der Waals surface area (Å²) in [6.07, 6.45) is 2.06. The minimum absolute atomic E-state index is 0.00797. The molecule has 0 saturated heterocycles. The van der Waals surface area contributed by atoms with Crippen molar-refractivity contribution in [2.45, 2.75) is 5.92 Å². The normalized spacial score (nSPS) is 12.3. The van der Waals surface area contributed by atoms with E-state index in [4.69, 9.17) is 0 Å². The molecule has 24 heavy (non-hydrogen) atoms. The first-order chi connectivity index (χ1) is 11.8. The zero-order valence-electron chi connectivity index (χ0n) is 12.9. The Hall–Kier alpha value is -2.37. The van der Waals surface area contributed by atoms with Crippen LogP contribution in [-0.4, -0.2) is 17.4 Å². The number of rotatable bonds is 5. The number of benzene rings is 1. The average Bonchev–Trinajstić information content (AvgIpc) is 3.37. The van der Waals surface area contributed by atoms with E-state index in [-0.39, 0.29) is 11.8 Å². The summed E-state index contributed by atoms with van der Waals surface area (Å²) in [6, 6.07) is 16.2. The SMILES string of the molecule is O=C(NCC(c1cccs1)c1c[nH]c2ccccc12)c1cccs1. The summed E-state index contributed by atoms with van der Waals surface area (Å²) >= 11 is 3.19. The molecule has 0 aliphatic heterocycles. The molecule has 0 spiro atoms. The van der Waals surface area contributed by atoms with Crippen molar-refractivity contribution in [2.75, 3.05) is 6.54 Å². The maximum absolute atomic E-state index is 12.3. The van der Waals surface area contributed by atoms with Crippen LogP contribution in [-0.2, 0) is 0 Å². The van der Waals surface area contributed by atoms with Crippen LogP contribution in [0.3, 0.4) is 0 Å². The monoisotopic (exact) mass is 352 g/mol. The summed E-state index contributed by atoms with van der Waals surface area (Å²) < 4.78 is 0. The molecule has 2 N–H and O–H groups in total. The van der Waals surface area contributed by atoms with Crippen molar-refractivity contribution < 1.29 is 4.79 Å². The fraction of sp³-hybridized carbons (Fsp3) is 0.105. The van der Waals surface area contributed by atoms with Crippen molar-refractivity contribution in [3.8, 4) is 0 Å². The summed E-state index contributed by atoms with van der Waals surface area (Å²) in [5.74, 6) is 0.136. The van der Waals surface area contributed by atoms with E-state index in [1.165, 1.54) is 27.2 Å². The van der Waals surface area contributed by atoms with Gasteiger partial charge in [0.1, 0.15) is 0 Å². The van der Waals surface area contributed by atoms with Crippen LogP contribution in [0.5, 0.6) is 0 Å². The van der Waals surface area contributed by atoms with Gasteiger partial charge in [-0.05, 0) is 34.5 Å². The van der Waals surface area contributed by atoms with E-state index in [2.05, 4.69) is 52.2 Å². The van der Waals surface area contributed by atoms with E-state index in [1.807, 2.05) is 23.6 Å². The molecule has 1 aromatic carbocycles. The van der Waals surface area contributed by atoms with Crippen molar-refractivity contribution in [1.29, 1.82) is 0 Å². The lowest BCUT2D eigenvalue weighted by molar-refractivity contribution is 0.0956. The fourth-order valence-corrected chi connectivity index (χ4v) is 4.41. The van der Waals surface area contributed by atoms with Crippen molar-refractivity contribution in [2.24, 2.45) is 0 Å². The van der Waals surface area contributed by atoms with Crippen LogP contribution in [0.25, 0.3) is 10.9 Å². The number of hydrogen-bond donors (Lipinski definition) is 2. The lowest BCUT2D eigenvalue weighted by atomic mass is 9.96. The van der Waals surface area contributed by atoms with Gasteiger partial charge in [0, 0.05) is 34.4 Å². The van der Waals surface area contributed by atoms with E-state index in [0.717, 1.165) is 10.4 Å². The predicted molar refractivity (Wildman–Crippen MR) is 101 cm³/mol. The topological polar surface area (TPSA) is 44.9 Å². The number of carbonyl (C=O) groups excluding carboxylic acids is 1. The smallest absolute Gasteiger partial charge is 0.261 e. The highest BCUT2D eigenvalue weighted by Gasteiger charge is 2.20. The molecule has 4 rings (SSSR count). The van der Waals surface area contributed by atoms with Crippen LogP contribution in [0.1, 0.15) is 26.0 Å². The molecule has 0 saturated carbocycles. The van der Waals surface area contributed by atoms with Gasteiger partial charge >= 0.3 is 0 Å². The Morgan fingerprint density at radius 3 is 2.67 bits per heavy atom. The Morgan fingerprint density at radius 2 is 1.88 bits per heavy atom. The first kappa shape index (κ1) is 15.2. The minimum atomic E-state index is -0.00797. The van der Waals surface area contributed by atoms with Crippen LogP contribution in [0.4, 0.5) is 0 Å². The van der Waals surface area contributed by atoms with Crippen molar-refractivity contribution >= 4 is 39.5 Å². The molecule has 4 aromatic rings. The molecule has 0 aliphatic rings. The summed E-state index contributed by atoms with van der Waals surface area (Å²) in [5.41, 5.74) is 2.35. The van der Waals surface area contributed by atoms with Gasteiger partial charge in [0.15, 0.2) is 0 Å². The highest BCUT2D eigenvalue weighted by atomic mass is 32.1. The van der Waals surface area contributed by atoms with Crippen molar-refractivity contribution in [3.05, 3.63) is 80.8 Å². The number of amides is 1. The van der Waals surface area contributed by atoms with Gasteiger partial charge in [0.2, 0.25) is 0 Å². The van der Waals surface area contributed by atoms with E-state index < -0.39 is 0 Å². The number of H-pyrrole nitrogens is 1. The van der Waals surface area contributed by atoms with Gasteiger partial charge in [-0.1, -0.05) is 30.3 Å². The molecule has 1 atom stereocenters. The molecule has 0 aliphatic carbocycles.